The van der Waals surface area contributed by atoms with Crippen molar-refractivity contribution in [3.05, 3.63) is 59.6 Å². The van der Waals surface area contributed by atoms with Gasteiger partial charge in [0.1, 0.15) is 17.2 Å². The van der Waals surface area contributed by atoms with Crippen LogP contribution in [0.2, 0.25) is 0 Å². The van der Waals surface area contributed by atoms with E-state index >= 15 is 0 Å². The van der Waals surface area contributed by atoms with Crippen molar-refractivity contribution in [1.82, 2.24) is 4.98 Å². The average Bonchev–Trinajstić information content (AvgIpc) is 3.45. The summed E-state index contributed by atoms with van der Waals surface area (Å²) in [4.78, 5) is 41.4. The van der Waals surface area contributed by atoms with Crippen molar-refractivity contribution in [1.29, 1.82) is 0 Å². The molecule has 0 aliphatic rings. The van der Waals surface area contributed by atoms with Gasteiger partial charge in [0.25, 0.3) is 5.91 Å². The van der Waals surface area contributed by atoms with Gasteiger partial charge in [0.2, 0.25) is 13.6 Å². The van der Waals surface area contributed by atoms with Crippen molar-refractivity contribution < 1.29 is 46.9 Å². The maximum atomic E-state index is 13.8. The van der Waals surface area contributed by atoms with Gasteiger partial charge in [-0.3, -0.25) is 33.3 Å². The van der Waals surface area contributed by atoms with Crippen LogP contribution >= 0.6 is 18.9 Å². The molecule has 0 aliphatic heterocycles. The Morgan fingerprint density at radius 1 is 0.844 bits per heavy atom. The quantitative estimate of drug-likeness (QED) is 0.115. The summed E-state index contributed by atoms with van der Waals surface area (Å²) in [7, 11) is -4.15. The topological polar surface area (TPSA) is 149 Å². The molecule has 1 heterocycles. The van der Waals surface area contributed by atoms with Gasteiger partial charge in [0.05, 0.1) is 22.2 Å². The molecule has 0 saturated heterocycles. The van der Waals surface area contributed by atoms with E-state index in [1.165, 1.54) is 35.6 Å². The van der Waals surface area contributed by atoms with E-state index in [4.69, 9.17) is 28.0 Å². The highest BCUT2D eigenvalue weighted by molar-refractivity contribution is 7.62. The van der Waals surface area contributed by atoms with Gasteiger partial charge in [0.15, 0.2) is 5.13 Å². The number of esters is 2. The van der Waals surface area contributed by atoms with Crippen LogP contribution < -0.4 is 20.1 Å². The molecule has 0 radical (unpaired) electrons. The summed E-state index contributed by atoms with van der Waals surface area (Å²) >= 11 is 1.29. The van der Waals surface area contributed by atoms with E-state index in [-0.39, 0.29) is 17.0 Å². The third-order valence-electron chi connectivity index (χ3n) is 5.61. The number of nitrogens with one attached hydrogen (secondary N) is 1. The molecule has 12 nitrogen and oxygen atoms in total. The van der Waals surface area contributed by atoms with Crippen molar-refractivity contribution in [2.24, 2.45) is 10.8 Å². The molecule has 244 valence electrons. The minimum absolute atomic E-state index is 0.0915. The predicted molar refractivity (Wildman–Crippen MR) is 169 cm³/mol. The maximum absolute atomic E-state index is 13.8. The van der Waals surface area contributed by atoms with Gasteiger partial charge in [-0.25, -0.2) is 4.98 Å². The second-order valence-electron chi connectivity index (χ2n) is 12.1. The summed E-state index contributed by atoms with van der Waals surface area (Å²) in [5, 5.41) is 5.02. The van der Waals surface area contributed by atoms with E-state index in [2.05, 4.69) is 10.3 Å². The molecule has 0 bridgehead atoms. The Balaban J connectivity index is 1.81. The van der Waals surface area contributed by atoms with Crippen molar-refractivity contribution >= 4 is 47.2 Å². The van der Waals surface area contributed by atoms with Gasteiger partial charge in [0, 0.05) is 23.2 Å². The predicted octanol–water partition coefficient (Wildman–Crippen LogP) is 6.92. The SMILES string of the molecule is CC(C)Oc1cc(Oc2ccc(P(=O)(OCOC(=O)C(C)(C)C)OCOC(=O)C(C)(C)C)cc2)cc(C(=O)Nc2nccs2)c1. The van der Waals surface area contributed by atoms with Gasteiger partial charge in [-0.15, -0.1) is 11.3 Å². The van der Waals surface area contributed by atoms with Gasteiger partial charge >= 0.3 is 19.5 Å². The second-order valence-corrected chi connectivity index (χ2v) is 15.0. The number of ether oxygens (including phenoxy) is 4. The van der Waals surface area contributed by atoms with Crippen LogP contribution in [0.3, 0.4) is 0 Å². The summed E-state index contributed by atoms with van der Waals surface area (Å²) < 4.78 is 46.7. The molecule has 0 aliphatic carbocycles. The Kier molecular flexibility index (Phi) is 11.9. The monoisotopic (exact) mass is 662 g/mol. The molecule has 1 N–H and O–H groups in total. The van der Waals surface area contributed by atoms with E-state index in [1.54, 1.807) is 71.3 Å². The highest BCUT2D eigenvalue weighted by Gasteiger charge is 2.32. The van der Waals surface area contributed by atoms with Crippen molar-refractivity contribution in [2.75, 3.05) is 18.9 Å². The molecule has 2 aromatic carbocycles. The van der Waals surface area contributed by atoms with Gasteiger partial charge in [-0.05, 0) is 91.8 Å². The van der Waals surface area contributed by atoms with Gasteiger partial charge < -0.3 is 18.9 Å². The van der Waals surface area contributed by atoms with Crippen LogP contribution in [-0.2, 0) is 32.7 Å². The fourth-order valence-electron chi connectivity index (χ4n) is 3.31. The van der Waals surface area contributed by atoms with Crippen LogP contribution in [0.5, 0.6) is 17.2 Å². The van der Waals surface area contributed by atoms with E-state index in [0.29, 0.717) is 22.4 Å². The Labute approximate surface area is 266 Å². The number of nitrogens with zero attached hydrogens (tertiary/aromatic N) is 1. The van der Waals surface area contributed by atoms with Crippen LogP contribution in [0.1, 0.15) is 65.7 Å². The molecule has 1 aromatic heterocycles. The molecule has 0 unspecified atom stereocenters. The lowest BCUT2D eigenvalue weighted by Gasteiger charge is -2.22. The van der Waals surface area contributed by atoms with Crippen LogP contribution in [0.25, 0.3) is 0 Å². The molecule has 0 spiro atoms. The smallest absolute Gasteiger partial charge is 0.367 e. The van der Waals surface area contributed by atoms with Gasteiger partial charge in [-0.1, -0.05) is 0 Å². The summed E-state index contributed by atoms with van der Waals surface area (Å²) in [6.45, 7) is 12.4. The first-order valence-corrected chi connectivity index (χ1v) is 16.4. The Morgan fingerprint density at radius 2 is 1.40 bits per heavy atom. The van der Waals surface area contributed by atoms with Gasteiger partial charge in [-0.2, -0.15) is 0 Å². The zero-order chi connectivity index (χ0) is 33.4. The maximum Gasteiger partial charge on any atom is 0.367 e. The van der Waals surface area contributed by atoms with E-state index in [1.807, 2.05) is 13.8 Å². The molecule has 3 rings (SSSR count). The molecular weight excluding hydrogens is 623 g/mol. The second kappa shape index (κ2) is 15.0. The van der Waals surface area contributed by atoms with E-state index in [9.17, 15) is 18.9 Å². The molecule has 45 heavy (non-hydrogen) atoms. The number of hydrogen-bond acceptors (Lipinski definition) is 12. The first kappa shape index (κ1) is 35.7. The zero-order valence-electron chi connectivity index (χ0n) is 26.6. The zero-order valence-corrected chi connectivity index (χ0v) is 28.3. The summed E-state index contributed by atoms with van der Waals surface area (Å²) in [6.07, 6.45) is 1.43. The lowest BCUT2D eigenvalue weighted by Crippen LogP contribution is -2.25. The van der Waals surface area contributed by atoms with Crippen LogP contribution in [0.15, 0.2) is 54.0 Å². The summed E-state index contributed by atoms with van der Waals surface area (Å²) in [6, 6.07) is 10.7. The summed E-state index contributed by atoms with van der Waals surface area (Å²) in [5.74, 6) is -0.473. The lowest BCUT2D eigenvalue weighted by atomic mass is 9.98. The fourth-order valence-corrected chi connectivity index (χ4v) is 5.10. The number of carbonyl (C=O) groups excluding carboxylic acids is 3. The number of anilines is 1. The van der Waals surface area contributed by atoms with Crippen molar-refractivity contribution in [3.63, 3.8) is 0 Å². The number of aromatic nitrogens is 1. The summed E-state index contributed by atoms with van der Waals surface area (Å²) in [5.41, 5.74) is -1.33. The Morgan fingerprint density at radius 3 is 1.89 bits per heavy atom. The van der Waals surface area contributed by atoms with Crippen LogP contribution in [0.4, 0.5) is 5.13 Å². The van der Waals surface area contributed by atoms with E-state index < -0.39 is 49.9 Å². The number of rotatable bonds is 13. The number of amides is 1. The standard InChI is InChI=1S/C31H39N2O10PS/c1-20(2)42-23-15-21(26(34)33-29-32-13-14-45-29)16-24(17-23)43-22-9-11-25(12-10-22)44(37,40-18-38-27(35)30(3,4)5)41-19-39-28(36)31(6,7)8/h9-17,20H,18-19H2,1-8H3,(H,32,33,34). The number of carbonyl (C=O) groups is 3. The van der Waals surface area contributed by atoms with E-state index in [0.717, 1.165) is 0 Å². The molecule has 0 saturated carbocycles. The molecule has 3 aromatic rings. The first-order chi connectivity index (χ1) is 21.0. The number of benzene rings is 2. The largest absolute Gasteiger partial charge is 0.491 e. The molecular formula is C31H39N2O10PS. The highest BCUT2D eigenvalue weighted by atomic mass is 32.1. The number of hydrogen-bond donors (Lipinski definition) is 1. The molecule has 0 fully saturated rings. The lowest BCUT2D eigenvalue weighted by molar-refractivity contribution is -0.161. The Hall–Kier alpha value is -3.77. The van der Waals surface area contributed by atoms with Crippen LogP contribution in [0, 0.1) is 10.8 Å². The van der Waals surface area contributed by atoms with Crippen molar-refractivity contribution in [2.45, 2.75) is 61.5 Å². The third-order valence-corrected chi connectivity index (χ3v) is 8.12. The molecule has 1 amide bonds. The average molecular weight is 663 g/mol. The number of thiazole rings is 1. The third kappa shape index (κ3) is 11.0. The minimum Gasteiger partial charge on any atom is -0.491 e. The Bertz CT molecular complexity index is 1470. The molecule has 14 heteroatoms. The van der Waals surface area contributed by atoms with Crippen molar-refractivity contribution in [3.8, 4) is 17.2 Å². The molecule has 0 atom stereocenters. The highest BCUT2D eigenvalue weighted by Crippen LogP contribution is 2.47. The fraction of sp³-hybridized carbons (Fsp3) is 0.419. The minimum atomic E-state index is -4.15. The van der Waals surface area contributed by atoms with Crippen LogP contribution in [-0.4, -0.2) is 42.5 Å². The normalized spacial score (nSPS) is 12.0. The first-order valence-electron chi connectivity index (χ1n) is 14.0.